The molecule has 0 saturated carbocycles. The summed E-state index contributed by atoms with van der Waals surface area (Å²) in [6.07, 6.45) is -2.23. The number of benzene rings is 2. The first kappa shape index (κ1) is 23.9. The van der Waals surface area contributed by atoms with Crippen molar-refractivity contribution < 1.29 is 32.3 Å². The molecule has 164 valence electrons. The zero-order chi connectivity index (χ0) is 23.0. The highest BCUT2D eigenvalue weighted by molar-refractivity contribution is 6.31. The average molecular weight is 455 g/mol. The number of hydrogen-bond donors (Lipinski definition) is 2. The molecule has 31 heavy (non-hydrogen) atoms. The minimum Gasteiger partial charge on any atom is -0.468 e. The fourth-order valence-electron chi connectivity index (χ4n) is 2.42. The van der Waals surface area contributed by atoms with Crippen LogP contribution in [0.15, 0.2) is 48.5 Å². The normalized spacial score (nSPS) is 11.3. The van der Waals surface area contributed by atoms with Crippen LogP contribution < -0.4 is 10.6 Å². The second-order valence-electron chi connectivity index (χ2n) is 6.29. The van der Waals surface area contributed by atoms with E-state index in [0.29, 0.717) is 11.3 Å². The molecule has 0 aliphatic heterocycles. The largest absolute Gasteiger partial charge is 0.468 e. The molecule has 10 heteroatoms. The van der Waals surface area contributed by atoms with Crippen LogP contribution in [0.4, 0.5) is 18.9 Å². The van der Waals surface area contributed by atoms with E-state index in [4.69, 9.17) is 11.6 Å². The molecular formula is C21H18ClF3N2O4. The van der Waals surface area contributed by atoms with Crippen molar-refractivity contribution in [2.45, 2.75) is 12.6 Å². The molecule has 0 heterocycles. The standard InChI is InChI=1S/C21H18ClF3N2O4/c1-31-20(30)12-26-19(29)11-14-2-6-15(7-3-14)27-18(28)9-5-13-4-8-17(22)16(10-13)21(23,24)25/h2-10H,11-12H2,1H3,(H,26,29)(H,27,28)/b9-5+. The number of rotatable bonds is 7. The van der Waals surface area contributed by atoms with Crippen LogP contribution >= 0.6 is 11.6 Å². The van der Waals surface area contributed by atoms with Gasteiger partial charge < -0.3 is 15.4 Å². The van der Waals surface area contributed by atoms with Crippen molar-refractivity contribution in [1.82, 2.24) is 5.32 Å². The van der Waals surface area contributed by atoms with Crippen LogP contribution in [0, 0.1) is 0 Å². The van der Waals surface area contributed by atoms with Crippen molar-refractivity contribution >= 4 is 41.1 Å². The van der Waals surface area contributed by atoms with Gasteiger partial charge in [-0.05, 0) is 41.5 Å². The Morgan fingerprint density at radius 2 is 1.77 bits per heavy atom. The molecule has 2 rings (SSSR count). The minimum absolute atomic E-state index is 0.0310. The number of carbonyl (C=O) groups is 3. The highest BCUT2D eigenvalue weighted by atomic mass is 35.5. The van der Waals surface area contributed by atoms with Gasteiger partial charge in [0.15, 0.2) is 0 Å². The number of nitrogens with one attached hydrogen (secondary N) is 2. The molecule has 2 aromatic carbocycles. The molecule has 0 aromatic heterocycles. The van der Waals surface area contributed by atoms with Crippen LogP contribution in [0.5, 0.6) is 0 Å². The van der Waals surface area contributed by atoms with E-state index in [1.807, 2.05) is 0 Å². The summed E-state index contributed by atoms with van der Waals surface area (Å²) in [5.41, 5.74) is 0.264. The Hall–Kier alpha value is -3.33. The van der Waals surface area contributed by atoms with Gasteiger partial charge in [0.2, 0.25) is 11.8 Å². The first-order valence-corrected chi connectivity index (χ1v) is 9.24. The Labute approximate surface area is 181 Å². The Balaban J connectivity index is 1.93. The molecule has 0 atom stereocenters. The Morgan fingerprint density at radius 3 is 2.39 bits per heavy atom. The molecule has 0 aliphatic rings. The number of amides is 2. The van der Waals surface area contributed by atoms with Gasteiger partial charge in [-0.15, -0.1) is 0 Å². The van der Waals surface area contributed by atoms with Gasteiger partial charge in [0, 0.05) is 11.8 Å². The summed E-state index contributed by atoms with van der Waals surface area (Å²) in [6.45, 7) is -0.228. The maximum Gasteiger partial charge on any atom is 0.417 e. The van der Waals surface area contributed by atoms with Crippen LogP contribution in [0.2, 0.25) is 5.02 Å². The van der Waals surface area contributed by atoms with Crippen molar-refractivity contribution in [3.05, 3.63) is 70.3 Å². The predicted octanol–water partition coefficient (Wildman–Crippen LogP) is 3.84. The molecule has 2 amide bonds. The molecule has 0 bridgehead atoms. The predicted molar refractivity (Wildman–Crippen MR) is 109 cm³/mol. The third-order valence-electron chi connectivity index (χ3n) is 3.97. The number of methoxy groups -OCH3 is 1. The van der Waals surface area contributed by atoms with Crippen molar-refractivity contribution in [2.24, 2.45) is 0 Å². The van der Waals surface area contributed by atoms with Crippen molar-refractivity contribution in [3.63, 3.8) is 0 Å². The first-order valence-electron chi connectivity index (χ1n) is 8.86. The van der Waals surface area contributed by atoms with Crippen LogP contribution in [-0.4, -0.2) is 31.4 Å². The summed E-state index contributed by atoms with van der Waals surface area (Å²) in [4.78, 5) is 34.8. The molecule has 0 fully saturated rings. The average Bonchev–Trinajstić information content (AvgIpc) is 2.72. The molecule has 0 spiro atoms. The van der Waals surface area contributed by atoms with Crippen LogP contribution in [0.1, 0.15) is 16.7 Å². The quantitative estimate of drug-likeness (QED) is 0.492. The highest BCUT2D eigenvalue weighted by Crippen LogP contribution is 2.35. The summed E-state index contributed by atoms with van der Waals surface area (Å²) in [5, 5.41) is 4.54. The highest BCUT2D eigenvalue weighted by Gasteiger charge is 2.33. The van der Waals surface area contributed by atoms with Gasteiger partial charge in [0.25, 0.3) is 0 Å². The number of carbonyl (C=O) groups excluding carboxylic acids is 3. The Kier molecular flexibility index (Phi) is 8.21. The van der Waals surface area contributed by atoms with Gasteiger partial charge in [-0.2, -0.15) is 13.2 Å². The number of anilines is 1. The lowest BCUT2D eigenvalue weighted by molar-refractivity contribution is -0.141. The number of hydrogen-bond acceptors (Lipinski definition) is 4. The van der Waals surface area contributed by atoms with Crippen LogP contribution in [0.3, 0.4) is 0 Å². The van der Waals surface area contributed by atoms with Gasteiger partial charge in [-0.1, -0.05) is 29.8 Å². The summed E-state index contributed by atoms with van der Waals surface area (Å²) in [7, 11) is 1.21. The van der Waals surface area contributed by atoms with E-state index in [2.05, 4.69) is 15.4 Å². The van der Waals surface area contributed by atoms with E-state index in [0.717, 1.165) is 18.2 Å². The van der Waals surface area contributed by atoms with Gasteiger partial charge in [0.05, 0.1) is 24.1 Å². The zero-order valence-electron chi connectivity index (χ0n) is 16.3. The summed E-state index contributed by atoms with van der Waals surface area (Å²) in [5.74, 6) is -1.48. The molecule has 0 unspecified atom stereocenters. The third kappa shape index (κ3) is 7.78. The fourth-order valence-corrected chi connectivity index (χ4v) is 2.64. The summed E-state index contributed by atoms with van der Waals surface area (Å²) < 4.78 is 43.1. The van der Waals surface area contributed by atoms with E-state index in [1.54, 1.807) is 24.3 Å². The molecule has 6 nitrogen and oxygen atoms in total. The Morgan fingerprint density at radius 1 is 1.10 bits per heavy atom. The molecule has 0 saturated heterocycles. The molecule has 0 radical (unpaired) electrons. The smallest absolute Gasteiger partial charge is 0.417 e. The van der Waals surface area contributed by atoms with Crippen LogP contribution in [0.25, 0.3) is 6.08 Å². The van der Waals surface area contributed by atoms with E-state index >= 15 is 0 Å². The van der Waals surface area contributed by atoms with Gasteiger partial charge in [0.1, 0.15) is 6.54 Å². The van der Waals surface area contributed by atoms with Gasteiger partial charge >= 0.3 is 12.1 Å². The van der Waals surface area contributed by atoms with Gasteiger partial charge in [-0.25, -0.2) is 0 Å². The summed E-state index contributed by atoms with van der Waals surface area (Å²) in [6, 6.07) is 9.70. The molecule has 0 aliphatic carbocycles. The Bertz CT molecular complexity index is 989. The van der Waals surface area contributed by atoms with Crippen molar-refractivity contribution in [2.75, 3.05) is 19.0 Å². The molecular weight excluding hydrogens is 437 g/mol. The SMILES string of the molecule is COC(=O)CNC(=O)Cc1ccc(NC(=O)/C=C/c2ccc(Cl)c(C(F)(F)F)c2)cc1. The number of halogens is 4. The summed E-state index contributed by atoms with van der Waals surface area (Å²) >= 11 is 5.56. The number of ether oxygens (including phenoxy) is 1. The maximum absolute atomic E-state index is 12.9. The lowest BCUT2D eigenvalue weighted by Gasteiger charge is -2.09. The first-order chi connectivity index (χ1) is 14.6. The van der Waals surface area contributed by atoms with E-state index in [-0.39, 0.29) is 24.4 Å². The molecule has 2 aromatic rings. The van der Waals surface area contributed by atoms with E-state index in [9.17, 15) is 27.6 Å². The minimum atomic E-state index is -4.60. The number of alkyl halides is 3. The van der Waals surface area contributed by atoms with Crippen molar-refractivity contribution in [1.29, 1.82) is 0 Å². The van der Waals surface area contributed by atoms with Crippen molar-refractivity contribution in [3.8, 4) is 0 Å². The fraction of sp³-hybridized carbons (Fsp3) is 0.190. The third-order valence-corrected chi connectivity index (χ3v) is 4.30. The van der Waals surface area contributed by atoms with Gasteiger partial charge in [-0.3, -0.25) is 14.4 Å². The van der Waals surface area contributed by atoms with E-state index in [1.165, 1.54) is 19.3 Å². The lowest BCUT2D eigenvalue weighted by atomic mass is 10.1. The number of esters is 1. The maximum atomic E-state index is 12.9. The zero-order valence-corrected chi connectivity index (χ0v) is 17.0. The lowest BCUT2D eigenvalue weighted by Crippen LogP contribution is -2.31. The second-order valence-corrected chi connectivity index (χ2v) is 6.69. The monoisotopic (exact) mass is 454 g/mol. The second kappa shape index (κ2) is 10.6. The van der Waals surface area contributed by atoms with E-state index < -0.39 is 28.6 Å². The topological polar surface area (TPSA) is 84.5 Å². The van der Waals surface area contributed by atoms with Crippen LogP contribution in [-0.2, 0) is 31.7 Å². The molecule has 2 N–H and O–H groups in total.